The smallest absolute Gasteiger partial charge is 0.143 e. The summed E-state index contributed by atoms with van der Waals surface area (Å²) in [6.07, 6.45) is 35.0. The lowest BCUT2D eigenvalue weighted by Gasteiger charge is -2.36. The lowest BCUT2D eigenvalue weighted by molar-refractivity contribution is 0.394. The van der Waals surface area contributed by atoms with E-state index < -0.39 is 5.41 Å². The van der Waals surface area contributed by atoms with Gasteiger partial charge in [0.2, 0.25) is 0 Å². The van der Waals surface area contributed by atoms with Gasteiger partial charge in [-0.2, -0.15) is 0 Å². The Hall–Kier alpha value is -10.2. The van der Waals surface area contributed by atoms with E-state index in [1.165, 1.54) is 254 Å². The topological polar surface area (TPSA) is 42.7 Å². The largest absolute Gasteiger partial charge is 0.456 e. The third kappa shape index (κ3) is 13.2. The first-order chi connectivity index (χ1) is 55.7. The summed E-state index contributed by atoms with van der Waals surface area (Å²) in [4.78, 5) is 2.72. The molecule has 3 aliphatic carbocycles. The number of rotatable bonds is 34. The molecule has 0 saturated heterocycles. The van der Waals surface area contributed by atoms with Gasteiger partial charge in [0, 0.05) is 76.6 Å². The van der Waals surface area contributed by atoms with Gasteiger partial charge < -0.3 is 18.2 Å². The summed E-state index contributed by atoms with van der Waals surface area (Å²) in [6, 6.07) is 90.9. The Morgan fingerprint density at radius 2 is 0.690 bits per heavy atom. The van der Waals surface area contributed by atoms with Gasteiger partial charge in [0.05, 0.1) is 5.69 Å². The highest BCUT2D eigenvalue weighted by atomic mass is 16.3. The fourth-order valence-electron chi connectivity index (χ4n) is 21.3. The first-order valence-electron chi connectivity index (χ1n) is 44.0. The van der Waals surface area contributed by atoms with Crippen molar-refractivity contribution in [3.05, 3.63) is 270 Å². The van der Waals surface area contributed by atoms with Crippen molar-refractivity contribution in [3.8, 4) is 66.8 Å². The van der Waals surface area contributed by atoms with Gasteiger partial charge in [-0.3, -0.25) is 0 Å². The van der Waals surface area contributed by atoms with E-state index >= 15 is 0 Å². The average Bonchev–Trinajstić information content (AvgIpc) is 1.53. The molecule has 4 heteroatoms. The summed E-state index contributed by atoms with van der Waals surface area (Å²) in [5, 5.41) is 7.11. The summed E-state index contributed by atoms with van der Waals surface area (Å²) in [5.74, 6) is 0. The molecular weight excluding hydrogens is 1370 g/mol. The van der Waals surface area contributed by atoms with Crippen LogP contribution < -0.4 is 4.90 Å². The van der Waals surface area contributed by atoms with Crippen molar-refractivity contribution >= 4 is 82.9 Å². The Labute approximate surface area is 671 Å². The van der Waals surface area contributed by atoms with Gasteiger partial charge in [0.1, 0.15) is 33.5 Å². The van der Waals surface area contributed by atoms with Crippen molar-refractivity contribution in [2.24, 2.45) is 0 Å². The van der Waals surface area contributed by atoms with Gasteiger partial charge >= 0.3 is 0 Å². The average molecular weight is 1490 g/mol. The number of benzene rings is 12. The SMILES string of the molecule is CCCCCCCCC1(CCCCCCCC)c2cc(N(c3ccc4c(c3)C(C)(C)c3cc(-c5ccc6c(c5)oc5ccccc56)c5oc6ccccc6c5c3-4)c3c(-c4ccccc4)cccc3-c3ccccc3)ccc2-c2cc3c(cc21)-c1c(ccc2oc4ccccc4c12)C3(CCCCCCCC)CCCCCCCC. The summed E-state index contributed by atoms with van der Waals surface area (Å²) in [5.41, 5.74) is 32.3. The van der Waals surface area contributed by atoms with Gasteiger partial charge in [-0.1, -0.05) is 353 Å². The zero-order valence-corrected chi connectivity index (χ0v) is 68.0. The van der Waals surface area contributed by atoms with Crippen LogP contribution in [-0.4, -0.2) is 0 Å². The van der Waals surface area contributed by atoms with E-state index in [-0.39, 0.29) is 10.8 Å². The first kappa shape index (κ1) is 74.3. The number of unbranched alkanes of at least 4 members (excludes halogenated alkanes) is 20. The van der Waals surface area contributed by atoms with Gasteiger partial charge in [-0.05, 0) is 188 Å². The van der Waals surface area contributed by atoms with Gasteiger partial charge in [0.15, 0.2) is 0 Å². The number of nitrogens with zero attached hydrogens (tertiary/aromatic N) is 1. The van der Waals surface area contributed by atoms with Crippen LogP contribution in [0, 0.1) is 0 Å². The maximum Gasteiger partial charge on any atom is 0.143 e. The quantitative estimate of drug-likeness (QED) is 0.0377. The second kappa shape index (κ2) is 32.0. The Morgan fingerprint density at radius 3 is 1.27 bits per heavy atom. The maximum atomic E-state index is 7.17. The van der Waals surface area contributed by atoms with Crippen LogP contribution in [0.25, 0.3) is 133 Å². The van der Waals surface area contributed by atoms with Crippen LogP contribution in [0.15, 0.2) is 250 Å². The van der Waals surface area contributed by atoms with Gasteiger partial charge in [0.25, 0.3) is 0 Å². The molecular formula is C109H113NO3. The first-order valence-corrected chi connectivity index (χ1v) is 44.0. The van der Waals surface area contributed by atoms with E-state index in [0.29, 0.717) is 0 Å². The molecule has 0 amide bonds. The number of fused-ring (bicyclic) bond motifs is 20. The lowest BCUT2D eigenvalue weighted by atomic mass is 9.68. The highest BCUT2D eigenvalue weighted by molar-refractivity contribution is 6.20. The molecule has 0 fully saturated rings. The minimum atomic E-state index is -0.437. The molecule has 0 unspecified atom stereocenters. The van der Waals surface area contributed by atoms with Crippen molar-refractivity contribution in [3.63, 3.8) is 0 Å². The molecule has 572 valence electrons. The van der Waals surface area contributed by atoms with Crippen LogP contribution in [-0.2, 0) is 16.2 Å². The van der Waals surface area contributed by atoms with Crippen LogP contribution in [0.4, 0.5) is 17.1 Å². The number of hydrogen-bond donors (Lipinski definition) is 0. The fraction of sp³-hybridized carbons (Fsp3) is 0.339. The van der Waals surface area contributed by atoms with Crippen LogP contribution in [0.5, 0.6) is 0 Å². The van der Waals surface area contributed by atoms with Crippen LogP contribution in [0.1, 0.15) is 255 Å². The van der Waals surface area contributed by atoms with Crippen LogP contribution >= 0.6 is 0 Å². The van der Waals surface area contributed by atoms with E-state index in [0.717, 1.165) is 92.2 Å². The number of para-hydroxylation sites is 4. The molecule has 0 bridgehead atoms. The second-order valence-electron chi connectivity index (χ2n) is 34.5. The Morgan fingerprint density at radius 1 is 0.257 bits per heavy atom. The van der Waals surface area contributed by atoms with Crippen molar-refractivity contribution in [1.29, 1.82) is 0 Å². The number of anilines is 3. The third-order valence-electron chi connectivity index (χ3n) is 27.1. The molecule has 0 N–H and O–H groups in total. The van der Waals surface area contributed by atoms with Gasteiger partial charge in [-0.25, -0.2) is 0 Å². The molecule has 0 radical (unpaired) electrons. The zero-order chi connectivity index (χ0) is 76.6. The van der Waals surface area contributed by atoms with Crippen molar-refractivity contribution < 1.29 is 13.3 Å². The fourth-order valence-corrected chi connectivity index (χ4v) is 21.3. The molecule has 4 nitrogen and oxygen atoms in total. The van der Waals surface area contributed by atoms with E-state index in [1.807, 2.05) is 0 Å². The summed E-state index contributed by atoms with van der Waals surface area (Å²) >= 11 is 0. The summed E-state index contributed by atoms with van der Waals surface area (Å²) in [7, 11) is 0. The summed E-state index contributed by atoms with van der Waals surface area (Å²) < 4.78 is 20.8. The molecule has 113 heavy (non-hydrogen) atoms. The Bertz CT molecular complexity index is 5860. The lowest BCUT2D eigenvalue weighted by Crippen LogP contribution is -2.27. The number of hydrogen-bond acceptors (Lipinski definition) is 4. The molecule has 3 heterocycles. The molecule has 0 atom stereocenters. The highest BCUT2D eigenvalue weighted by Crippen LogP contribution is 2.65. The molecule has 12 aromatic carbocycles. The predicted molar refractivity (Wildman–Crippen MR) is 481 cm³/mol. The molecule has 18 rings (SSSR count). The van der Waals surface area contributed by atoms with Crippen molar-refractivity contribution in [2.75, 3.05) is 4.90 Å². The third-order valence-corrected chi connectivity index (χ3v) is 27.1. The molecule has 0 spiro atoms. The molecule has 0 saturated carbocycles. The molecule has 15 aromatic rings. The standard InChI is InChI=1S/C109H113NO3/c1-7-11-15-19-23-39-64-108(65-40-24-20-16-12-8-2)90-62-63-99-103(85-49-34-37-54-97(85)111-99)102(90)89-73-93-88(72-94(89)108)81-60-57-78(70-92(81)109(93,66-41-25-21-17-13-9-3)67-42-26-22-18-14-10-4)110(105-79(74-44-29-27-30-45-74)51-43-52-80(105)75-46-31-28-32-47-75)77-58-61-84-91(69-77)107(5,6)95-71-87(106-104(101(84)95)86-50-35-38-55-98(86)113-106)76-56-59-83-82-48-33-36-53-96(82)112-100(83)68-76/h27-38,43-63,68-73H,7-26,39-42,64-67H2,1-6H3. The monoisotopic (exact) mass is 1480 g/mol. The maximum absolute atomic E-state index is 7.17. The van der Waals surface area contributed by atoms with Crippen molar-refractivity contribution in [1.82, 2.24) is 0 Å². The molecule has 3 aromatic heterocycles. The Balaban J connectivity index is 0.870. The van der Waals surface area contributed by atoms with Crippen LogP contribution in [0.2, 0.25) is 0 Å². The molecule has 3 aliphatic rings. The summed E-state index contributed by atoms with van der Waals surface area (Å²) in [6.45, 7) is 14.4. The normalized spacial score (nSPS) is 14.1. The number of furan rings is 3. The highest BCUT2D eigenvalue weighted by Gasteiger charge is 2.50. The second-order valence-corrected chi connectivity index (χ2v) is 34.5. The minimum Gasteiger partial charge on any atom is -0.456 e. The van der Waals surface area contributed by atoms with E-state index in [4.69, 9.17) is 13.3 Å². The van der Waals surface area contributed by atoms with E-state index in [9.17, 15) is 0 Å². The zero-order valence-electron chi connectivity index (χ0n) is 68.0. The van der Waals surface area contributed by atoms with E-state index in [1.54, 1.807) is 16.7 Å². The Kier molecular flexibility index (Phi) is 21.0. The predicted octanol–water partition coefficient (Wildman–Crippen LogP) is 33.7. The molecule has 0 aliphatic heterocycles. The van der Waals surface area contributed by atoms with Crippen LogP contribution in [0.3, 0.4) is 0 Å². The van der Waals surface area contributed by atoms with Gasteiger partial charge in [-0.15, -0.1) is 0 Å². The van der Waals surface area contributed by atoms with E-state index in [2.05, 4.69) is 283 Å². The minimum absolute atomic E-state index is 0.139. The van der Waals surface area contributed by atoms with Crippen molar-refractivity contribution in [2.45, 2.75) is 238 Å².